The van der Waals surface area contributed by atoms with Gasteiger partial charge in [0.1, 0.15) is 18.2 Å². The molecular formula is C38H45N7O3. The first-order valence-corrected chi connectivity index (χ1v) is 18.0. The minimum atomic E-state index is 0.0746. The van der Waals surface area contributed by atoms with Crippen molar-refractivity contribution in [3.8, 4) is 22.9 Å². The van der Waals surface area contributed by atoms with Crippen LogP contribution in [0.3, 0.4) is 0 Å². The average molecular weight is 648 g/mol. The molecule has 3 unspecified atom stereocenters. The van der Waals surface area contributed by atoms with E-state index in [0.29, 0.717) is 18.5 Å². The fraction of sp³-hybridized carbons (Fsp3) is 0.500. The number of carbonyl (C=O) groups excluding carboxylic acids is 1. The predicted molar refractivity (Wildman–Crippen MR) is 188 cm³/mol. The van der Waals surface area contributed by atoms with Crippen molar-refractivity contribution in [3.63, 3.8) is 0 Å². The van der Waals surface area contributed by atoms with Crippen LogP contribution in [0.1, 0.15) is 44.9 Å². The Bertz CT molecular complexity index is 1840. The van der Waals surface area contributed by atoms with Gasteiger partial charge in [-0.3, -0.25) is 4.90 Å². The van der Waals surface area contributed by atoms with Crippen molar-refractivity contribution in [2.24, 2.45) is 5.92 Å². The van der Waals surface area contributed by atoms with E-state index in [1.54, 1.807) is 6.07 Å². The molecule has 3 N–H and O–H groups in total. The number of nitrogens with zero attached hydrogens (tertiary/aromatic N) is 5. The number of benzene rings is 3. The maximum absolute atomic E-state index is 13.4. The minimum Gasteiger partial charge on any atom is -0.508 e. The molecule has 48 heavy (non-hydrogen) atoms. The fourth-order valence-electron chi connectivity index (χ4n) is 9.38. The molecule has 10 heteroatoms. The first-order chi connectivity index (χ1) is 23.5. The highest BCUT2D eigenvalue weighted by molar-refractivity contribution is 6.01. The summed E-state index contributed by atoms with van der Waals surface area (Å²) in [6, 6.07) is 18.9. The van der Waals surface area contributed by atoms with E-state index in [1.807, 2.05) is 24.3 Å². The highest BCUT2D eigenvalue weighted by atomic mass is 16.5. The van der Waals surface area contributed by atoms with Gasteiger partial charge in [0.2, 0.25) is 0 Å². The Labute approximate surface area is 281 Å². The SMILES string of the molecule is O=C(NCC1CCNC1)N1C2CCC1CN(c1nc(OCC34CCCN3CCC4)nc3cc(-c4cc(O)cc5ccccc45)ccc13)C2. The molecule has 2 amide bonds. The molecule has 0 spiro atoms. The Morgan fingerprint density at radius 1 is 0.979 bits per heavy atom. The third-order valence-electron chi connectivity index (χ3n) is 11.8. The van der Waals surface area contributed by atoms with Crippen molar-refractivity contribution in [2.75, 3.05) is 57.3 Å². The number of ether oxygens (including phenoxy) is 1. The zero-order valence-corrected chi connectivity index (χ0v) is 27.5. The standard InChI is InChI=1S/C38H45N7O3/c46-30-17-26-5-1-2-6-31(26)33(19-30)27-7-10-32-34(18-27)41-36(48-24-38-12-3-15-44(38)16-4-13-38)42-35(32)43-22-28-8-9-29(23-43)45(28)37(47)40-21-25-11-14-39-20-25/h1-2,5-7,10,17-19,25,28-29,39,46H,3-4,8-9,11-16,20-24H2,(H,40,47). The van der Waals surface area contributed by atoms with Crippen LogP contribution in [0.2, 0.25) is 0 Å². The van der Waals surface area contributed by atoms with Crippen LogP contribution in [0, 0.1) is 5.92 Å². The fourth-order valence-corrected chi connectivity index (χ4v) is 9.38. The van der Waals surface area contributed by atoms with Gasteiger partial charge in [0, 0.05) is 25.0 Å². The van der Waals surface area contributed by atoms with Crippen LogP contribution < -0.4 is 20.3 Å². The van der Waals surface area contributed by atoms with Gasteiger partial charge in [-0.05, 0) is 123 Å². The predicted octanol–water partition coefficient (Wildman–Crippen LogP) is 5.13. The first-order valence-electron chi connectivity index (χ1n) is 18.0. The number of phenols is 1. The molecule has 5 fully saturated rings. The van der Waals surface area contributed by atoms with Crippen molar-refractivity contribution >= 4 is 33.5 Å². The Hall–Kier alpha value is -4.15. The maximum atomic E-state index is 13.4. The molecule has 9 rings (SSSR count). The number of hydrogen-bond donors (Lipinski definition) is 3. The number of nitrogens with one attached hydrogen (secondary N) is 2. The molecule has 10 nitrogen and oxygen atoms in total. The molecule has 2 bridgehead atoms. The van der Waals surface area contributed by atoms with E-state index in [4.69, 9.17) is 14.7 Å². The molecule has 0 aliphatic carbocycles. The van der Waals surface area contributed by atoms with E-state index in [9.17, 15) is 9.90 Å². The summed E-state index contributed by atoms with van der Waals surface area (Å²) in [5.41, 5.74) is 2.87. The average Bonchev–Trinajstić information content (AvgIpc) is 3.90. The monoisotopic (exact) mass is 647 g/mol. The van der Waals surface area contributed by atoms with Crippen molar-refractivity contribution in [3.05, 3.63) is 54.6 Å². The molecule has 5 saturated heterocycles. The second-order valence-corrected chi connectivity index (χ2v) is 14.7. The Morgan fingerprint density at radius 3 is 2.58 bits per heavy atom. The van der Waals surface area contributed by atoms with Crippen LogP contribution >= 0.6 is 0 Å². The van der Waals surface area contributed by atoms with Gasteiger partial charge < -0.3 is 30.3 Å². The lowest BCUT2D eigenvalue weighted by Gasteiger charge is -2.42. The zero-order valence-electron chi connectivity index (χ0n) is 27.5. The van der Waals surface area contributed by atoms with Crippen LogP contribution in [0.25, 0.3) is 32.8 Å². The summed E-state index contributed by atoms with van der Waals surface area (Å²) in [5, 5.41) is 20.3. The van der Waals surface area contributed by atoms with Crippen LogP contribution in [-0.4, -0.2) is 101 Å². The second-order valence-electron chi connectivity index (χ2n) is 14.7. The first kappa shape index (κ1) is 29.9. The number of carbonyl (C=O) groups is 1. The number of piperazine rings is 1. The molecule has 3 atom stereocenters. The molecule has 5 aliphatic rings. The Morgan fingerprint density at radius 2 is 1.79 bits per heavy atom. The summed E-state index contributed by atoms with van der Waals surface area (Å²) < 4.78 is 6.57. The van der Waals surface area contributed by atoms with Crippen LogP contribution in [0.5, 0.6) is 11.8 Å². The lowest BCUT2D eigenvalue weighted by atomic mass is 9.95. The smallest absolute Gasteiger partial charge is 0.319 e. The van der Waals surface area contributed by atoms with Crippen LogP contribution in [0.4, 0.5) is 10.6 Å². The quantitative estimate of drug-likeness (QED) is 0.254. The van der Waals surface area contributed by atoms with Gasteiger partial charge in [0.15, 0.2) is 0 Å². The summed E-state index contributed by atoms with van der Waals surface area (Å²) in [4.78, 5) is 30.7. The Kier molecular flexibility index (Phi) is 7.53. The van der Waals surface area contributed by atoms with Gasteiger partial charge in [-0.1, -0.05) is 30.3 Å². The summed E-state index contributed by atoms with van der Waals surface area (Å²) in [7, 11) is 0. The van der Waals surface area contributed by atoms with Crippen molar-refractivity contribution < 1.29 is 14.6 Å². The maximum Gasteiger partial charge on any atom is 0.319 e. The number of amides is 2. The van der Waals surface area contributed by atoms with Crippen molar-refractivity contribution in [1.82, 2.24) is 30.4 Å². The molecule has 3 aromatic carbocycles. The molecule has 6 heterocycles. The number of fused-ring (bicyclic) bond motifs is 5. The number of urea groups is 1. The van der Waals surface area contributed by atoms with Crippen molar-refractivity contribution in [2.45, 2.75) is 62.6 Å². The molecule has 1 aromatic heterocycles. The van der Waals surface area contributed by atoms with Crippen LogP contribution in [-0.2, 0) is 0 Å². The van der Waals surface area contributed by atoms with Gasteiger partial charge in [0.25, 0.3) is 0 Å². The second kappa shape index (κ2) is 12.1. The third-order valence-corrected chi connectivity index (χ3v) is 11.8. The minimum absolute atomic E-state index is 0.0746. The number of rotatable bonds is 7. The molecule has 0 saturated carbocycles. The van der Waals surface area contributed by atoms with Gasteiger partial charge in [-0.25, -0.2) is 4.79 Å². The molecule has 0 radical (unpaired) electrons. The van der Waals surface area contributed by atoms with Gasteiger partial charge in [0.05, 0.1) is 23.1 Å². The highest BCUT2D eigenvalue weighted by Crippen LogP contribution is 2.41. The van der Waals surface area contributed by atoms with E-state index in [2.05, 4.69) is 49.6 Å². The summed E-state index contributed by atoms with van der Waals surface area (Å²) in [5.74, 6) is 1.63. The lowest BCUT2D eigenvalue weighted by Crippen LogP contribution is -2.58. The summed E-state index contributed by atoms with van der Waals surface area (Å²) in [6.07, 6.45) is 7.87. The number of hydrogen-bond acceptors (Lipinski definition) is 8. The van der Waals surface area contributed by atoms with Gasteiger partial charge >= 0.3 is 12.0 Å². The largest absolute Gasteiger partial charge is 0.508 e. The molecule has 5 aliphatic heterocycles. The summed E-state index contributed by atoms with van der Waals surface area (Å²) >= 11 is 0. The highest BCUT2D eigenvalue weighted by Gasteiger charge is 2.46. The Balaban J connectivity index is 1.05. The normalized spacial score (nSPS) is 24.9. The third kappa shape index (κ3) is 5.29. The van der Waals surface area contributed by atoms with Crippen molar-refractivity contribution in [1.29, 1.82) is 0 Å². The summed E-state index contributed by atoms with van der Waals surface area (Å²) in [6.45, 7) is 7.11. The van der Waals surface area contributed by atoms with E-state index < -0.39 is 0 Å². The number of phenolic OH excluding ortho intramolecular Hbond substituents is 1. The zero-order chi connectivity index (χ0) is 32.2. The topological polar surface area (TPSA) is 106 Å². The number of aromatic nitrogens is 2. The van der Waals surface area contributed by atoms with E-state index in [-0.39, 0.29) is 29.4 Å². The molecule has 4 aromatic rings. The van der Waals surface area contributed by atoms with E-state index in [1.165, 1.54) is 12.8 Å². The van der Waals surface area contributed by atoms with E-state index >= 15 is 0 Å². The van der Waals surface area contributed by atoms with Crippen LogP contribution in [0.15, 0.2) is 54.6 Å². The van der Waals surface area contributed by atoms with Gasteiger partial charge in [-0.2, -0.15) is 9.97 Å². The lowest BCUT2D eigenvalue weighted by molar-refractivity contribution is 0.108. The van der Waals surface area contributed by atoms with Gasteiger partial charge in [-0.15, -0.1) is 0 Å². The number of anilines is 1. The number of aromatic hydroxyl groups is 1. The molecule has 250 valence electrons. The molecular weight excluding hydrogens is 602 g/mol. The van der Waals surface area contributed by atoms with E-state index in [0.717, 1.165) is 117 Å².